The first-order valence-electron chi connectivity index (χ1n) is 11.3. The lowest BCUT2D eigenvalue weighted by atomic mass is 10.1. The number of allylic oxidation sites excluding steroid dienone is 3. The third-order valence-corrected chi connectivity index (χ3v) is 5.24. The number of carbonyl (C=O) groups is 1. The lowest BCUT2D eigenvalue weighted by Crippen LogP contribution is -2.40. The first kappa shape index (κ1) is 27.5. The van der Waals surface area contributed by atoms with Crippen LogP contribution in [-0.4, -0.2) is 55.7 Å². The zero-order chi connectivity index (χ0) is 28.2. The van der Waals surface area contributed by atoms with Crippen LogP contribution in [0.5, 0.6) is 0 Å². The molecule has 204 valence electrons. The number of halogens is 4. The van der Waals surface area contributed by atoms with E-state index in [1.165, 1.54) is 24.3 Å². The van der Waals surface area contributed by atoms with E-state index in [2.05, 4.69) is 41.6 Å². The highest BCUT2D eigenvalue weighted by atomic mass is 19.4. The molecule has 4 rings (SSSR count). The van der Waals surface area contributed by atoms with Crippen molar-refractivity contribution in [1.29, 1.82) is 0 Å². The van der Waals surface area contributed by atoms with E-state index in [1.807, 2.05) is 0 Å². The van der Waals surface area contributed by atoms with Gasteiger partial charge in [0.25, 0.3) is 23.5 Å². The molecule has 0 saturated heterocycles. The van der Waals surface area contributed by atoms with Crippen LogP contribution in [0.25, 0.3) is 17.0 Å². The van der Waals surface area contributed by atoms with Crippen molar-refractivity contribution >= 4 is 11.5 Å². The summed E-state index contributed by atoms with van der Waals surface area (Å²) in [5.74, 6) is -3.29. The van der Waals surface area contributed by atoms with Crippen LogP contribution in [0.3, 0.4) is 0 Å². The Morgan fingerprint density at radius 2 is 1.85 bits per heavy atom. The Balaban J connectivity index is 1.49. The third kappa shape index (κ3) is 6.30. The highest BCUT2D eigenvalue weighted by Crippen LogP contribution is 2.29. The SMILES string of the molecule is CC[C@@H](OC1=C=C=C(c2nc(C(F)(F)F)no2)C=C1)c1noc(-c2ccc(C(=O)NC(CO)CO)c(F)c2)n1. The molecule has 39 heavy (non-hydrogen) atoms. The number of aromatic nitrogens is 4. The summed E-state index contributed by atoms with van der Waals surface area (Å²) in [6.07, 6.45) is -2.35. The molecule has 1 amide bonds. The highest BCUT2D eigenvalue weighted by molar-refractivity contribution is 5.95. The molecule has 1 atom stereocenters. The normalized spacial score (nSPS) is 13.8. The Labute approximate surface area is 216 Å². The van der Waals surface area contributed by atoms with Gasteiger partial charge in [-0.2, -0.15) is 23.1 Å². The molecular weight excluding hydrogens is 530 g/mol. The Hall–Kier alpha value is -4.55. The smallest absolute Gasteiger partial charge is 0.455 e. The van der Waals surface area contributed by atoms with E-state index in [4.69, 9.17) is 19.5 Å². The molecule has 3 N–H and O–H groups in total. The lowest BCUT2D eigenvalue weighted by Gasteiger charge is -2.14. The fourth-order valence-electron chi connectivity index (χ4n) is 3.21. The molecule has 0 fully saturated rings. The average molecular weight is 549 g/mol. The van der Waals surface area contributed by atoms with Gasteiger partial charge < -0.3 is 29.3 Å². The molecule has 15 heteroatoms. The summed E-state index contributed by atoms with van der Waals surface area (Å²) in [7, 11) is 0. The highest BCUT2D eigenvalue weighted by Gasteiger charge is 2.37. The summed E-state index contributed by atoms with van der Waals surface area (Å²) in [6.45, 7) is 0.735. The molecule has 1 aliphatic rings. The van der Waals surface area contributed by atoms with Crippen molar-refractivity contribution in [2.45, 2.75) is 31.7 Å². The molecular formula is C24H19F4N5O6. The maximum atomic E-state index is 14.6. The van der Waals surface area contributed by atoms with Crippen molar-refractivity contribution < 1.29 is 46.4 Å². The van der Waals surface area contributed by atoms with Gasteiger partial charge in [-0.1, -0.05) is 23.0 Å². The largest absolute Gasteiger partial charge is 0.474 e. The first-order chi connectivity index (χ1) is 18.6. The Morgan fingerprint density at radius 1 is 1.10 bits per heavy atom. The molecule has 11 nitrogen and oxygen atoms in total. The first-order valence-corrected chi connectivity index (χ1v) is 11.3. The van der Waals surface area contributed by atoms with Gasteiger partial charge in [-0.3, -0.25) is 4.79 Å². The number of carbonyl (C=O) groups excluding carboxylic acids is 1. The number of aliphatic hydroxyl groups is 2. The van der Waals surface area contributed by atoms with Crippen LogP contribution >= 0.6 is 0 Å². The van der Waals surface area contributed by atoms with E-state index in [0.29, 0.717) is 6.42 Å². The van der Waals surface area contributed by atoms with Crippen LogP contribution in [0.15, 0.2) is 56.6 Å². The summed E-state index contributed by atoms with van der Waals surface area (Å²) in [5.41, 5.74) is 5.17. The molecule has 0 unspecified atom stereocenters. The number of alkyl halides is 3. The van der Waals surface area contributed by atoms with Crippen molar-refractivity contribution in [1.82, 2.24) is 25.6 Å². The Bertz CT molecular complexity index is 1490. The van der Waals surface area contributed by atoms with Gasteiger partial charge in [0, 0.05) is 5.56 Å². The summed E-state index contributed by atoms with van der Waals surface area (Å²) in [5, 5.41) is 27.2. The number of hydrogen-bond acceptors (Lipinski definition) is 10. The molecule has 0 saturated carbocycles. The summed E-state index contributed by atoms with van der Waals surface area (Å²) in [4.78, 5) is 19.7. The van der Waals surface area contributed by atoms with Crippen molar-refractivity contribution in [2.75, 3.05) is 13.2 Å². The van der Waals surface area contributed by atoms with E-state index in [1.54, 1.807) is 6.92 Å². The number of nitrogens with zero attached hydrogens (tertiary/aromatic N) is 4. The van der Waals surface area contributed by atoms with Gasteiger partial charge in [-0.25, -0.2) is 4.39 Å². The molecule has 2 aromatic heterocycles. The van der Waals surface area contributed by atoms with Crippen LogP contribution in [-0.2, 0) is 10.9 Å². The lowest BCUT2D eigenvalue weighted by molar-refractivity contribution is -0.146. The minimum Gasteiger partial charge on any atom is -0.474 e. The van der Waals surface area contributed by atoms with E-state index >= 15 is 0 Å². The molecule has 2 heterocycles. The number of rotatable bonds is 10. The number of hydrogen-bond donors (Lipinski definition) is 3. The van der Waals surface area contributed by atoms with Crippen LogP contribution in [0.4, 0.5) is 17.6 Å². The average Bonchev–Trinajstić information content (AvgIpc) is 3.61. The third-order valence-electron chi connectivity index (χ3n) is 5.24. The second-order valence-electron chi connectivity index (χ2n) is 7.98. The van der Waals surface area contributed by atoms with Gasteiger partial charge in [-0.15, -0.1) is 0 Å². The van der Waals surface area contributed by atoms with Crippen LogP contribution in [0, 0.1) is 5.82 Å². The van der Waals surface area contributed by atoms with Crippen LogP contribution in [0.1, 0.15) is 47.3 Å². The quantitative estimate of drug-likeness (QED) is 0.254. The number of aliphatic hydroxyl groups excluding tert-OH is 2. The maximum Gasteiger partial charge on any atom is 0.455 e. The Kier molecular flexibility index (Phi) is 8.07. The van der Waals surface area contributed by atoms with E-state index < -0.39 is 55.0 Å². The maximum absolute atomic E-state index is 14.6. The molecule has 0 aliphatic heterocycles. The standard InChI is InChI=1S/C24H19F4N5O6/c1-2-18(37-15-6-3-12(4-7-15)21-31-23(33-39-21)24(26,27)28)19-30-22(38-32-19)13-5-8-16(17(25)9-13)20(36)29-14(10-34)11-35/h3,5-6,8-9,14,18,34-35H,2,10-11H2,1H3,(H,29,36)/t18-/m1/s1. The fourth-order valence-corrected chi connectivity index (χ4v) is 3.21. The zero-order valence-electron chi connectivity index (χ0n) is 20.0. The number of nitrogens with one attached hydrogen (secondary N) is 1. The van der Waals surface area contributed by atoms with Crippen molar-refractivity contribution in [2.24, 2.45) is 0 Å². The van der Waals surface area contributed by atoms with Crippen LogP contribution < -0.4 is 5.32 Å². The second kappa shape index (κ2) is 11.5. The van der Waals surface area contributed by atoms with Crippen LogP contribution in [0.2, 0.25) is 0 Å². The Morgan fingerprint density at radius 3 is 2.44 bits per heavy atom. The molecule has 1 aromatic carbocycles. The molecule has 1 aliphatic carbocycles. The van der Waals surface area contributed by atoms with Gasteiger partial charge >= 0.3 is 6.18 Å². The van der Waals surface area contributed by atoms with Gasteiger partial charge in [0.1, 0.15) is 5.82 Å². The van der Waals surface area contributed by atoms with E-state index in [-0.39, 0.29) is 34.2 Å². The minimum absolute atomic E-state index is 0.0516. The van der Waals surface area contributed by atoms with Crippen molar-refractivity contribution in [3.63, 3.8) is 0 Å². The molecule has 0 bridgehead atoms. The second-order valence-corrected chi connectivity index (χ2v) is 7.98. The molecule has 3 aromatic rings. The van der Waals surface area contributed by atoms with Gasteiger partial charge in [-0.05, 0) is 42.5 Å². The minimum atomic E-state index is -4.75. The van der Waals surface area contributed by atoms with E-state index in [0.717, 1.165) is 6.07 Å². The predicted molar refractivity (Wildman–Crippen MR) is 122 cm³/mol. The molecule has 0 spiro atoms. The van der Waals surface area contributed by atoms with Crippen molar-refractivity contribution in [3.8, 4) is 11.5 Å². The fraction of sp³-hybridized carbons (Fsp3) is 0.292. The summed E-state index contributed by atoms with van der Waals surface area (Å²) >= 11 is 0. The number of ether oxygens (including phenoxy) is 1. The topological polar surface area (TPSA) is 157 Å². The van der Waals surface area contributed by atoms with E-state index in [9.17, 15) is 22.4 Å². The van der Waals surface area contributed by atoms with Gasteiger partial charge in [0.05, 0.1) is 30.4 Å². The monoisotopic (exact) mass is 549 g/mol. The predicted octanol–water partition coefficient (Wildman–Crippen LogP) is 3.12. The number of amides is 1. The molecule has 0 radical (unpaired) electrons. The van der Waals surface area contributed by atoms with Gasteiger partial charge in [0.15, 0.2) is 11.9 Å². The number of benzene rings is 1. The zero-order valence-corrected chi connectivity index (χ0v) is 20.0. The van der Waals surface area contributed by atoms with Gasteiger partial charge in [0.2, 0.25) is 5.82 Å². The summed E-state index contributed by atoms with van der Waals surface area (Å²) < 4.78 is 68.3. The van der Waals surface area contributed by atoms with Crippen molar-refractivity contribution in [3.05, 3.63) is 76.5 Å². The summed E-state index contributed by atoms with van der Waals surface area (Å²) in [6, 6.07) is 2.65.